The Bertz CT molecular complexity index is 225. The van der Waals surface area contributed by atoms with Crippen molar-refractivity contribution in [3.63, 3.8) is 0 Å². The van der Waals surface area contributed by atoms with Crippen LogP contribution in [0.2, 0.25) is 0 Å². The van der Waals surface area contributed by atoms with Gasteiger partial charge in [0.15, 0.2) is 0 Å². The summed E-state index contributed by atoms with van der Waals surface area (Å²) in [6, 6.07) is 0.190. The van der Waals surface area contributed by atoms with Crippen molar-refractivity contribution in [1.29, 1.82) is 0 Å². The van der Waals surface area contributed by atoms with E-state index in [2.05, 4.69) is 0 Å². The molecule has 4 heteroatoms. The highest BCUT2D eigenvalue weighted by Gasteiger charge is 2.18. The largest absolute Gasteiger partial charge is 0.376 e. The van der Waals surface area contributed by atoms with Crippen molar-refractivity contribution in [2.24, 2.45) is 5.73 Å². The van der Waals surface area contributed by atoms with E-state index in [1.807, 2.05) is 14.0 Å². The fourth-order valence-electron chi connectivity index (χ4n) is 2.12. The number of nitrogens with zero attached hydrogens (tertiary/aromatic N) is 1. The lowest BCUT2D eigenvalue weighted by Gasteiger charge is -2.27. The summed E-state index contributed by atoms with van der Waals surface area (Å²) in [5.74, 6) is 0.208. The van der Waals surface area contributed by atoms with E-state index < -0.39 is 0 Å². The Morgan fingerprint density at radius 3 is 2.88 bits per heavy atom. The van der Waals surface area contributed by atoms with E-state index in [4.69, 9.17) is 10.5 Å². The number of nitrogens with two attached hydrogens (primary N) is 1. The number of rotatable bonds is 6. The van der Waals surface area contributed by atoms with Gasteiger partial charge in [0, 0.05) is 32.7 Å². The van der Waals surface area contributed by atoms with Crippen LogP contribution in [-0.2, 0) is 9.53 Å². The normalized spacial score (nSPS) is 22.2. The van der Waals surface area contributed by atoms with E-state index >= 15 is 0 Å². The van der Waals surface area contributed by atoms with E-state index in [0.717, 1.165) is 38.8 Å². The minimum atomic E-state index is 0.190. The molecule has 1 aliphatic rings. The van der Waals surface area contributed by atoms with E-state index in [0.29, 0.717) is 6.42 Å². The van der Waals surface area contributed by atoms with Gasteiger partial charge in [0.2, 0.25) is 5.91 Å². The molecule has 4 nitrogen and oxygen atoms in total. The van der Waals surface area contributed by atoms with Crippen LogP contribution >= 0.6 is 0 Å². The van der Waals surface area contributed by atoms with E-state index in [9.17, 15) is 4.79 Å². The molecule has 1 fully saturated rings. The minimum Gasteiger partial charge on any atom is -0.376 e. The van der Waals surface area contributed by atoms with Crippen LogP contribution in [0.3, 0.4) is 0 Å². The minimum absolute atomic E-state index is 0.190. The first-order valence-electron chi connectivity index (χ1n) is 6.70. The van der Waals surface area contributed by atoms with Crippen LogP contribution in [0.4, 0.5) is 0 Å². The van der Waals surface area contributed by atoms with Gasteiger partial charge in [0.1, 0.15) is 0 Å². The fourth-order valence-corrected chi connectivity index (χ4v) is 2.12. The van der Waals surface area contributed by atoms with Crippen LogP contribution in [0, 0.1) is 0 Å². The van der Waals surface area contributed by atoms with Gasteiger partial charge in [-0.1, -0.05) is 0 Å². The Labute approximate surface area is 104 Å². The quantitative estimate of drug-likeness (QED) is 0.768. The van der Waals surface area contributed by atoms with Crippen molar-refractivity contribution in [2.45, 2.75) is 57.6 Å². The highest BCUT2D eigenvalue weighted by molar-refractivity contribution is 5.75. The number of carbonyl (C=O) groups excluding carboxylic acids is 1. The van der Waals surface area contributed by atoms with Gasteiger partial charge in [0.05, 0.1) is 6.10 Å². The number of carbonyl (C=O) groups is 1. The molecule has 0 radical (unpaired) electrons. The third-order valence-electron chi connectivity index (χ3n) is 3.23. The second kappa shape index (κ2) is 7.67. The zero-order valence-corrected chi connectivity index (χ0v) is 11.2. The third kappa shape index (κ3) is 6.03. The Morgan fingerprint density at radius 2 is 2.29 bits per heavy atom. The summed E-state index contributed by atoms with van der Waals surface area (Å²) >= 11 is 0. The maximum atomic E-state index is 11.8. The average molecular weight is 242 g/mol. The summed E-state index contributed by atoms with van der Waals surface area (Å²) in [5, 5.41) is 0. The molecule has 0 saturated carbocycles. The second-order valence-corrected chi connectivity index (χ2v) is 5.13. The van der Waals surface area contributed by atoms with Gasteiger partial charge < -0.3 is 15.4 Å². The first-order chi connectivity index (χ1) is 8.09. The topological polar surface area (TPSA) is 55.6 Å². The molecule has 2 unspecified atom stereocenters. The van der Waals surface area contributed by atoms with E-state index in [-0.39, 0.29) is 18.1 Å². The van der Waals surface area contributed by atoms with Crippen LogP contribution in [0.1, 0.15) is 45.4 Å². The molecule has 1 rings (SSSR count). The molecular formula is C13H26N2O2. The Kier molecular flexibility index (Phi) is 6.52. The molecule has 0 spiro atoms. The molecule has 1 amide bonds. The Hall–Kier alpha value is -0.610. The van der Waals surface area contributed by atoms with Gasteiger partial charge in [0.25, 0.3) is 0 Å². The van der Waals surface area contributed by atoms with Crippen LogP contribution in [-0.4, -0.2) is 43.2 Å². The van der Waals surface area contributed by atoms with Gasteiger partial charge in [-0.3, -0.25) is 4.79 Å². The van der Waals surface area contributed by atoms with Gasteiger partial charge in [-0.2, -0.15) is 0 Å². The summed E-state index contributed by atoms with van der Waals surface area (Å²) < 4.78 is 5.63. The molecule has 2 N–H and O–H groups in total. The molecule has 17 heavy (non-hydrogen) atoms. The first-order valence-corrected chi connectivity index (χ1v) is 6.70. The molecule has 0 aromatic rings. The first kappa shape index (κ1) is 14.5. The Morgan fingerprint density at radius 1 is 1.53 bits per heavy atom. The van der Waals surface area contributed by atoms with Gasteiger partial charge in [-0.25, -0.2) is 0 Å². The summed E-state index contributed by atoms with van der Waals surface area (Å²) in [4.78, 5) is 13.6. The van der Waals surface area contributed by atoms with Gasteiger partial charge >= 0.3 is 0 Å². The predicted octanol–water partition coefficient (Wildman–Crippen LogP) is 1.53. The molecule has 2 atom stereocenters. The summed E-state index contributed by atoms with van der Waals surface area (Å²) in [5.41, 5.74) is 5.66. The van der Waals surface area contributed by atoms with Gasteiger partial charge in [-0.05, 0) is 39.0 Å². The molecule has 0 bridgehead atoms. The smallest absolute Gasteiger partial charge is 0.222 e. The van der Waals surface area contributed by atoms with Gasteiger partial charge in [-0.15, -0.1) is 0 Å². The lowest BCUT2D eigenvalue weighted by Crippen LogP contribution is -2.37. The lowest BCUT2D eigenvalue weighted by molar-refractivity contribution is -0.132. The summed E-state index contributed by atoms with van der Waals surface area (Å²) in [6.07, 6.45) is 6.10. The monoisotopic (exact) mass is 242 g/mol. The molecule has 1 saturated heterocycles. The van der Waals surface area contributed by atoms with Crippen LogP contribution in [0.15, 0.2) is 0 Å². The van der Waals surface area contributed by atoms with Crippen molar-refractivity contribution < 1.29 is 9.53 Å². The molecule has 0 aromatic heterocycles. The summed E-state index contributed by atoms with van der Waals surface area (Å²) in [7, 11) is 1.87. The summed E-state index contributed by atoms with van der Waals surface area (Å²) in [6.45, 7) is 3.55. The number of hydrogen-bond donors (Lipinski definition) is 1. The molecule has 1 aliphatic heterocycles. The Balaban J connectivity index is 2.16. The molecule has 0 aliphatic carbocycles. The third-order valence-corrected chi connectivity index (χ3v) is 3.23. The fraction of sp³-hybridized carbons (Fsp3) is 0.923. The standard InChI is InChI=1S/C13H26N2O2/c1-11(14)6-5-8-13(16)15(2)10-12-7-3-4-9-17-12/h11-12H,3-10,14H2,1-2H3. The van der Waals surface area contributed by atoms with Crippen LogP contribution in [0.5, 0.6) is 0 Å². The highest BCUT2D eigenvalue weighted by atomic mass is 16.5. The zero-order valence-electron chi connectivity index (χ0n) is 11.2. The van der Waals surface area contributed by atoms with Crippen molar-refractivity contribution in [3.8, 4) is 0 Å². The zero-order chi connectivity index (χ0) is 12.7. The maximum Gasteiger partial charge on any atom is 0.222 e. The second-order valence-electron chi connectivity index (χ2n) is 5.13. The van der Waals surface area contributed by atoms with Crippen molar-refractivity contribution in [1.82, 2.24) is 4.90 Å². The van der Waals surface area contributed by atoms with E-state index in [1.165, 1.54) is 6.42 Å². The SMILES string of the molecule is CC(N)CCCC(=O)N(C)CC1CCCCO1. The number of ether oxygens (including phenoxy) is 1. The van der Waals surface area contributed by atoms with Crippen molar-refractivity contribution in [3.05, 3.63) is 0 Å². The molecule has 1 heterocycles. The molecule has 100 valence electrons. The van der Waals surface area contributed by atoms with E-state index in [1.54, 1.807) is 4.90 Å². The lowest BCUT2D eigenvalue weighted by atomic mass is 10.1. The predicted molar refractivity (Wildman–Crippen MR) is 68.7 cm³/mol. The average Bonchev–Trinajstić information content (AvgIpc) is 2.29. The van der Waals surface area contributed by atoms with Crippen molar-refractivity contribution in [2.75, 3.05) is 20.2 Å². The highest BCUT2D eigenvalue weighted by Crippen LogP contribution is 2.14. The molecular weight excluding hydrogens is 216 g/mol. The maximum absolute atomic E-state index is 11.8. The number of amides is 1. The van der Waals surface area contributed by atoms with Crippen LogP contribution in [0.25, 0.3) is 0 Å². The van der Waals surface area contributed by atoms with Crippen LogP contribution < -0.4 is 5.73 Å². The van der Waals surface area contributed by atoms with Crippen molar-refractivity contribution >= 4 is 5.91 Å². The number of likely N-dealkylation sites (N-methyl/N-ethyl adjacent to an activating group) is 1. The number of hydrogen-bond acceptors (Lipinski definition) is 3. The molecule has 0 aromatic carbocycles.